The van der Waals surface area contributed by atoms with Gasteiger partial charge in [0.05, 0.1) is 6.20 Å². The molecule has 26 heavy (non-hydrogen) atoms. The molecule has 0 unspecified atom stereocenters. The Balaban J connectivity index is 1.79. The molecule has 3 aromatic rings. The molecule has 4 nitrogen and oxygen atoms in total. The summed E-state index contributed by atoms with van der Waals surface area (Å²) in [5.74, 6) is 0. The molecule has 0 atom stereocenters. The third-order valence-electron chi connectivity index (χ3n) is 4.86. The molecule has 0 amide bonds. The minimum Gasteiger partial charge on any atom is -0.290 e. The van der Waals surface area contributed by atoms with Crippen molar-refractivity contribution in [3.63, 3.8) is 0 Å². The van der Waals surface area contributed by atoms with Gasteiger partial charge in [0.25, 0.3) is 0 Å². The topological polar surface area (TPSA) is 34.0 Å². The van der Waals surface area contributed by atoms with Crippen LogP contribution in [-0.4, -0.2) is 19.7 Å². The van der Waals surface area contributed by atoms with Crippen LogP contribution in [-0.2, 0) is 32.6 Å². The van der Waals surface area contributed by atoms with Gasteiger partial charge in [-0.1, -0.05) is 37.3 Å². The van der Waals surface area contributed by atoms with Crippen molar-refractivity contribution in [2.24, 2.45) is 0 Å². The average molecular weight is 348 g/mol. The standard InChI is InChI=1S/C22H28N4/c1-4-19-8-10-20(11-9-19)15-25(16-21-7-6-12-23-13-21)17-22-14-24-26(5-2)18(22)3/h6-14H,4-5,15-17H2,1-3H3. The first kappa shape index (κ1) is 18.3. The number of benzene rings is 1. The van der Waals surface area contributed by atoms with Gasteiger partial charge in [-0.2, -0.15) is 5.10 Å². The Morgan fingerprint density at radius 3 is 2.23 bits per heavy atom. The molecule has 1 aromatic carbocycles. The predicted octanol–water partition coefficient (Wildman–Crippen LogP) is 4.37. The summed E-state index contributed by atoms with van der Waals surface area (Å²) in [6, 6.07) is 13.1. The second-order valence-corrected chi connectivity index (χ2v) is 6.75. The van der Waals surface area contributed by atoms with Crippen molar-refractivity contribution in [3.05, 3.63) is 82.9 Å². The van der Waals surface area contributed by atoms with Crippen LogP contribution < -0.4 is 0 Å². The van der Waals surface area contributed by atoms with Gasteiger partial charge in [-0.3, -0.25) is 14.6 Å². The summed E-state index contributed by atoms with van der Waals surface area (Å²) < 4.78 is 2.06. The Kier molecular flexibility index (Phi) is 6.18. The van der Waals surface area contributed by atoms with Crippen LogP contribution in [0.4, 0.5) is 0 Å². The van der Waals surface area contributed by atoms with Gasteiger partial charge in [-0.15, -0.1) is 0 Å². The van der Waals surface area contributed by atoms with Crippen LogP contribution in [0.5, 0.6) is 0 Å². The Morgan fingerprint density at radius 1 is 0.885 bits per heavy atom. The normalized spacial score (nSPS) is 11.2. The van der Waals surface area contributed by atoms with E-state index in [1.165, 1.54) is 27.9 Å². The first-order valence-corrected chi connectivity index (χ1v) is 9.40. The lowest BCUT2D eigenvalue weighted by atomic mass is 10.1. The summed E-state index contributed by atoms with van der Waals surface area (Å²) in [6.45, 7) is 10.1. The Bertz CT molecular complexity index is 806. The van der Waals surface area contributed by atoms with Crippen molar-refractivity contribution in [1.29, 1.82) is 0 Å². The fraction of sp³-hybridized carbons (Fsp3) is 0.364. The highest BCUT2D eigenvalue weighted by atomic mass is 15.3. The summed E-state index contributed by atoms with van der Waals surface area (Å²) >= 11 is 0. The lowest BCUT2D eigenvalue weighted by molar-refractivity contribution is 0.247. The SMILES string of the molecule is CCc1ccc(CN(Cc2cccnc2)Cc2cnn(CC)c2C)cc1. The number of rotatable bonds is 8. The zero-order valence-corrected chi connectivity index (χ0v) is 16.0. The molecule has 0 saturated carbocycles. The Labute approximate surface area is 156 Å². The minimum atomic E-state index is 0.875. The molecule has 0 aliphatic rings. The maximum absolute atomic E-state index is 4.50. The molecule has 3 rings (SSSR count). The van der Waals surface area contributed by atoms with E-state index in [0.29, 0.717) is 0 Å². The molecule has 0 N–H and O–H groups in total. The third-order valence-corrected chi connectivity index (χ3v) is 4.86. The summed E-state index contributed by atoms with van der Waals surface area (Å²) in [7, 11) is 0. The monoisotopic (exact) mass is 348 g/mol. The third kappa shape index (κ3) is 4.58. The van der Waals surface area contributed by atoms with Gasteiger partial charge in [0.15, 0.2) is 0 Å². The van der Waals surface area contributed by atoms with Gasteiger partial charge in [0, 0.05) is 49.8 Å². The van der Waals surface area contributed by atoms with Crippen molar-refractivity contribution in [1.82, 2.24) is 19.7 Å². The molecule has 4 heteroatoms. The van der Waals surface area contributed by atoms with Gasteiger partial charge < -0.3 is 0 Å². The van der Waals surface area contributed by atoms with E-state index in [0.717, 1.165) is 32.6 Å². The quantitative estimate of drug-likeness (QED) is 0.606. The number of aryl methyl sites for hydroxylation is 2. The van der Waals surface area contributed by atoms with E-state index >= 15 is 0 Å². The Hall–Kier alpha value is -2.46. The number of nitrogens with zero attached hydrogens (tertiary/aromatic N) is 4. The second kappa shape index (κ2) is 8.77. The largest absolute Gasteiger partial charge is 0.290 e. The maximum Gasteiger partial charge on any atom is 0.0537 e. The van der Waals surface area contributed by atoms with Crippen molar-refractivity contribution in [2.75, 3.05) is 0 Å². The fourth-order valence-electron chi connectivity index (χ4n) is 3.26. The molecule has 0 aliphatic carbocycles. The van der Waals surface area contributed by atoms with Gasteiger partial charge in [0.2, 0.25) is 0 Å². The zero-order valence-electron chi connectivity index (χ0n) is 16.0. The van der Waals surface area contributed by atoms with Crippen LogP contribution in [0.25, 0.3) is 0 Å². The molecular formula is C22H28N4. The number of aromatic nitrogens is 3. The van der Waals surface area contributed by atoms with Crippen LogP contribution in [0.1, 0.15) is 41.8 Å². The van der Waals surface area contributed by atoms with E-state index in [1.807, 2.05) is 24.7 Å². The van der Waals surface area contributed by atoms with Crippen molar-refractivity contribution < 1.29 is 0 Å². The lowest BCUT2D eigenvalue weighted by Crippen LogP contribution is -2.23. The van der Waals surface area contributed by atoms with E-state index in [-0.39, 0.29) is 0 Å². The molecule has 0 fully saturated rings. The molecule has 136 valence electrons. The first-order valence-electron chi connectivity index (χ1n) is 9.40. The predicted molar refractivity (Wildman–Crippen MR) is 106 cm³/mol. The molecule has 0 spiro atoms. The fourth-order valence-corrected chi connectivity index (χ4v) is 3.26. The molecule has 2 heterocycles. The van der Waals surface area contributed by atoms with Crippen LogP contribution in [0.2, 0.25) is 0 Å². The van der Waals surface area contributed by atoms with Crippen molar-refractivity contribution in [2.45, 2.75) is 53.4 Å². The zero-order chi connectivity index (χ0) is 18.4. The summed E-state index contributed by atoms with van der Waals surface area (Å²) in [5.41, 5.74) is 6.50. The van der Waals surface area contributed by atoms with Crippen LogP contribution >= 0.6 is 0 Å². The highest BCUT2D eigenvalue weighted by Crippen LogP contribution is 2.17. The lowest BCUT2D eigenvalue weighted by Gasteiger charge is -2.22. The highest BCUT2D eigenvalue weighted by molar-refractivity contribution is 5.23. The van der Waals surface area contributed by atoms with E-state index in [4.69, 9.17) is 0 Å². The molecule has 0 saturated heterocycles. The molecule has 0 aliphatic heterocycles. The second-order valence-electron chi connectivity index (χ2n) is 6.75. The molecule has 2 aromatic heterocycles. The van der Waals surface area contributed by atoms with Crippen molar-refractivity contribution >= 4 is 0 Å². The number of pyridine rings is 1. The van der Waals surface area contributed by atoms with Gasteiger partial charge in [-0.05, 0) is 43.0 Å². The molecule has 0 radical (unpaired) electrons. The summed E-state index contributed by atoms with van der Waals surface area (Å²) in [5, 5.41) is 4.50. The van der Waals surface area contributed by atoms with E-state index in [9.17, 15) is 0 Å². The van der Waals surface area contributed by atoms with Gasteiger partial charge in [-0.25, -0.2) is 0 Å². The molecular weight excluding hydrogens is 320 g/mol. The Morgan fingerprint density at radius 2 is 1.62 bits per heavy atom. The first-order chi connectivity index (χ1) is 12.7. The summed E-state index contributed by atoms with van der Waals surface area (Å²) in [6.07, 6.45) is 6.87. The van der Waals surface area contributed by atoms with E-state index < -0.39 is 0 Å². The van der Waals surface area contributed by atoms with Gasteiger partial charge in [0.1, 0.15) is 0 Å². The van der Waals surface area contributed by atoms with Gasteiger partial charge >= 0.3 is 0 Å². The number of hydrogen-bond donors (Lipinski definition) is 0. The maximum atomic E-state index is 4.50. The van der Waals surface area contributed by atoms with Crippen molar-refractivity contribution in [3.8, 4) is 0 Å². The molecule has 0 bridgehead atoms. The van der Waals surface area contributed by atoms with E-state index in [1.54, 1.807) is 0 Å². The van der Waals surface area contributed by atoms with Crippen LogP contribution in [0.3, 0.4) is 0 Å². The smallest absolute Gasteiger partial charge is 0.0537 e. The average Bonchev–Trinajstić information content (AvgIpc) is 3.03. The highest BCUT2D eigenvalue weighted by Gasteiger charge is 2.13. The van der Waals surface area contributed by atoms with E-state index in [2.05, 4.69) is 70.8 Å². The summed E-state index contributed by atoms with van der Waals surface area (Å²) in [4.78, 5) is 6.73. The number of hydrogen-bond acceptors (Lipinski definition) is 3. The van der Waals surface area contributed by atoms with Crippen LogP contribution in [0.15, 0.2) is 55.0 Å². The van der Waals surface area contributed by atoms with Crippen LogP contribution in [0, 0.1) is 6.92 Å². The minimum absolute atomic E-state index is 0.875.